The molecule has 0 spiro atoms. The van der Waals surface area contributed by atoms with Crippen LogP contribution in [0.4, 0.5) is 0 Å². The van der Waals surface area contributed by atoms with Crippen molar-refractivity contribution in [3.63, 3.8) is 0 Å². The van der Waals surface area contributed by atoms with Crippen LogP contribution in [-0.2, 0) is 23.0 Å². The smallest absolute Gasteiger partial charge is 0.169 e. The average molecular weight is 313 g/mol. The van der Waals surface area contributed by atoms with Crippen molar-refractivity contribution in [2.75, 3.05) is 6.61 Å². The van der Waals surface area contributed by atoms with Gasteiger partial charge in [-0.2, -0.15) is 5.10 Å². The van der Waals surface area contributed by atoms with E-state index in [4.69, 9.17) is 16.3 Å². The number of rotatable bonds is 5. The fourth-order valence-corrected chi connectivity index (χ4v) is 3.45. The first-order valence-corrected chi connectivity index (χ1v) is 8.12. The number of ketones is 1. The van der Waals surface area contributed by atoms with Gasteiger partial charge in [0.2, 0.25) is 0 Å². The average Bonchev–Trinajstić information content (AvgIpc) is 2.68. The molecule has 0 N–H and O–H groups in total. The van der Waals surface area contributed by atoms with Crippen LogP contribution < -0.4 is 0 Å². The normalized spacial score (nSPS) is 26.0. The summed E-state index contributed by atoms with van der Waals surface area (Å²) in [6, 6.07) is 0. The second-order valence-electron chi connectivity index (χ2n) is 6.19. The molecule has 0 atom stereocenters. The van der Waals surface area contributed by atoms with Gasteiger partial charge in [0.25, 0.3) is 0 Å². The summed E-state index contributed by atoms with van der Waals surface area (Å²) in [6.45, 7) is 6.66. The molecule has 1 aromatic rings. The summed E-state index contributed by atoms with van der Waals surface area (Å²) in [6.07, 6.45) is 4.04. The minimum atomic E-state index is -0.618. The first-order chi connectivity index (χ1) is 9.89. The third-order valence-corrected chi connectivity index (χ3v) is 5.09. The molecule has 0 aromatic carbocycles. The number of nitrogens with zero attached hydrogens (tertiary/aromatic N) is 2. The molecule has 0 saturated heterocycles. The Bertz CT molecular complexity index is 517. The van der Waals surface area contributed by atoms with Crippen LogP contribution in [0.25, 0.3) is 0 Å². The number of aryl methyl sites for hydroxylation is 2. The van der Waals surface area contributed by atoms with E-state index in [1.54, 1.807) is 11.7 Å². The predicted octanol–water partition coefficient (Wildman–Crippen LogP) is 3.48. The molecule has 118 valence electrons. The zero-order valence-corrected chi connectivity index (χ0v) is 14.2. The molecule has 1 aromatic heterocycles. The molecule has 1 aliphatic carbocycles. The van der Waals surface area contributed by atoms with Crippen molar-refractivity contribution in [3.05, 3.63) is 16.4 Å². The Kier molecular flexibility index (Phi) is 5.10. The number of aromatic nitrogens is 2. The fraction of sp³-hybridized carbons (Fsp3) is 0.750. The van der Waals surface area contributed by atoms with E-state index in [1.807, 2.05) is 13.8 Å². The van der Waals surface area contributed by atoms with Crippen LogP contribution in [0.5, 0.6) is 0 Å². The van der Waals surface area contributed by atoms with E-state index >= 15 is 0 Å². The van der Waals surface area contributed by atoms with E-state index in [0.29, 0.717) is 24.1 Å². The summed E-state index contributed by atoms with van der Waals surface area (Å²) >= 11 is 6.25. The maximum absolute atomic E-state index is 12.9. The molecular weight excluding hydrogens is 288 g/mol. The number of halogens is 1. The van der Waals surface area contributed by atoms with Crippen molar-refractivity contribution < 1.29 is 9.53 Å². The molecule has 5 heteroatoms. The van der Waals surface area contributed by atoms with Crippen molar-refractivity contribution in [2.24, 2.45) is 13.0 Å². The maximum Gasteiger partial charge on any atom is 0.169 e. The van der Waals surface area contributed by atoms with Crippen LogP contribution in [0.1, 0.15) is 50.8 Å². The number of carbonyl (C=O) groups excluding carboxylic acids is 1. The molecule has 0 aliphatic heterocycles. The molecule has 0 radical (unpaired) electrons. The van der Waals surface area contributed by atoms with Gasteiger partial charge in [0.15, 0.2) is 5.78 Å². The van der Waals surface area contributed by atoms with Crippen LogP contribution in [0, 0.1) is 12.8 Å². The lowest BCUT2D eigenvalue weighted by molar-refractivity contribution is -0.149. The second-order valence-corrected chi connectivity index (χ2v) is 6.55. The van der Waals surface area contributed by atoms with E-state index in [1.165, 1.54) is 0 Å². The minimum Gasteiger partial charge on any atom is -0.367 e. The van der Waals surface area contributed by atoms with E-state index in [2.05, 4.69) is 12.0 Å². The monoisotopic (exact) mass is 312 g/mol. The SMILES string of the molecule is CCOC1(C(=O)Cc2c(C)nn(C)c2Cl)CCC(C)CC1. The van der Waals surface area contributed by atoms with E-state index in [9.17, 15) is 4.79 Å². The van der Waals surface area contributed by atoms with Crippen molar-refractivity contribution in [3.8, 4) is 0 Å². The lowest BCUT2D eigenvalue weighted by Gasteiger charge is -2.37. The summed E-state index contributed by atoms with van der Waals surface area (Å²) in [7, 11) is 1.80. The highest BCUT2D eigenvalue weighted by Crippen LogP contribution is 2.37. The minimum absolute atomic E-state index is 0.147. The molecule has 0 bridgehead atoms. The van der Waals surface area contributed by atoms with Gasteiger partial charge in [-0.25, -0.2) is 0 Å². The first-order valence-electron chi connectivity index (χ1n) is 7.75. The Morgan fingerprint density at radius 3 is 2.57 bits per heavy atom. The van der Waals surface area contributed by atoms with Gasteiger partial charge in [-0.3, -0.25) is 9.48 Å². The maximum atomic E-state index is 12.9. The molecule has 21 heavy (non-hydrogen) atoms. The number of hydrogen-bond donors (Lipinski definition) is 0. The van der Waals surface area contributed by atoms with Crippen LogP contribution in [0.2, 0.25) is 5.15 Å². The predicted molar refractivity (Wildman–Crippen MR) is 83.7 cm³/mol. The number of carbonyl (C=O) groups is 1. The molecule has 1 heterocycles. The van der Waals surface area contributed by atoms with Crippen LogP contribution in [0.15, 0.2) is 0 Å². The topological polar surface area (TPSA) is 44.1 Å². The Balaban J connectivity index is 2.19. The van der Waals surface area contributed by atoms with Crippen molar-refractivity contribution >= 4 is 17.4 Å². The van der Waals surface area contributed by atoms with Crippen LogP contribution in [-0.4, -0.2) is 27.8 Å². The summed E-state index contributed by atoms with van der Waals surface area (Å²) < 4.78 is 7.54. The Morgan fingerprint density at radius 2 is 2.10 bits per heavy atom. The quantitative estimate of drug-likeness (QED) is 0.836. The molecular formula is C16H25ClN2O2. The zero-order chi connectivity index (χ0) is 15.6. The highest BCUT2D eigenvalue weighted by atomic mass is 35.5. The number of hydrogen-bond acceptors (Lipinski definition) is 3. The van der Waals surface area contributed by atoms with Gasteiger partial charge in [0.1, 0.15) is 10.8 Å². The van der Waals surface area contributed by atoms with Gasteiger partial charge in [-0.1, -0.05) is 18.5 Å². The molecule has 0 amide bonds. The van der Waals surface area contributed by atoms with E-state index < -0.39 is 5.60 Å². The summed E-state index contributed by atoms with van der Waals surface area (Å²) in [5.74, 6) is 0.823. The summed E-state index contributed by atoms with van der Waals surface area (Å²) in [4.78, 5) is 12.9. The van der Waals surface area contributed by atoms with Crippen LogP contribution in [0.3, 0.4) is 0 Å². The lowest BCUT2D eigenvalue weighted by Crippen LogP contribution is -2.45. The number of ether oxygens (including phenoxy) is 1. The van der Waals surface area contributed by atoms with E-state index in [0.717, 1.165) is 36.9 Å². The van der Waals surface area contributed by atoms with Gasteiger partial charge in [0, 0.05) is 25.6 Å². The van der Waals surface area contributed by atoms with Gasteiger partial charge in [-0.15, -0.1) is 0 Å². The van der Waals surface area contributed by atoms with E-state index in [-0.39, 0.29) is 5.78 Å². The first kappa shape index (κ1) is 16.5. The molecule has 1 fully saturated rings. The van der Waals surface area contributed by atoms with Gasteiger partial charge < -0.3 is 4.74 Å². The molecule has 1 aliphatic rings. The van der Waals surface area contributed by atoms with Crippen LogP contribution >= 0.6 is 11.6 Å². The molecule has 0 unspecified atom stereocenters. The van der Waals surface area contributed by atoms with Crippen molar-refractivity contribution in [2.45, 2.75) is 58.5 Å². The van der Waals surface area contributed by atoms with Gasteiger partial charge >= 0.3 is 0 Å². The standard InChI is InChI=1S/C16H25ClN2O2/c1-5-21-16(8-6-11(2)7-9-16)14(20)10-13-12(3)18-19(4)15(13)17/h11H,5-10H2,1-4H3. The third-order valence-electron chi connectivity index (χ3n) is 4.62. The van der Waals surface area contributed by atoms with Crippen molar-refractivity contribution in [1.29, 1.82) is 0 Å². The largest absolute Gasteiger partial charge is 0.367 e. The molecule has 2 rings (SSSR count). The molecule has 4 nitrogen and oxygen atoms in total. The highest BCUT2D eigenvalue weighted by Gasteiger charge is 2.41. The van der Waals surface area contributed by atoms with Gasteiger partial charge in [0.05, 0.1) is 5.69 Å². The second kappa shape index (κ2) is 6.49. The Labute approximate surface area is 131 Å². The molecule has 1 saturated carbocycles. The summed E-state index contributed by atoms with van der Waals surface area (Å²) in [5.41, 5.74) is 1.04. The number of Topliss-reactive ketones (excluding diaryl/α,β-unsaturated/α-hetero) is 1. The lowest BCUT2D eigenvalue weighted by atomic mass is 9.76. The summed E-state index contributed by atoms with van der Waals surface area (Å²) in [5, 5.41) is 4.83. The third kappa shape index (κ3) is 3.32. The fourth-order valence-electron chi connectivity index (χ4n) is 3.20. The Hall–Kier alpha value is -0.870. The zero-order valence-electron chi connectivity index (χ0n) is 13.4. The highest BCUT2D eigenvalue weighted by molar-refractivity contribution is 6.30. The Morgan fingerprint density at radius 1 is 1.48 bits per heavy atom. The van der Waals surface area contributed by atoms with Crippen molar-refractivity contribution in [1.82, 2.24) is 9.78 Å². The van der Waals surface area contributed by atoms with Gasteiger partial charge in [-0.05, 0) is 45.4 Å².